The SMILES string of the molecule is BC1(B)C[C@@](C)(O)CN1c1ncc(C(=O)Nc2ccccc2)cc1C. The summed E-state index contributed by atoms with van der Waals surface area (Å²) in [5.41, 5.74) is 1.47. The van der Waals surface area contributed by atoms with E-state index in [0.29, 0.717) is 18.5 Å². The molecule has 0 spiro atoms. The van der Waals surface area contributed by atoms with E-state index in [-0.39, 0.29) is 11.2 Å². The molecule has 1 fully saturated rings. The number of benzene rings is 1. The monoisotopic (exact) mass is 335 g/mol. The minimum absolute atomic E-state index is 0.180. The van der Waals surface area contributed by atoms with Gasteiger partial charge in [-0.15, -0.1) is 0 Å². The molecule has 7 heteroatoms. The van der Waals surface area contributed by atoms with Crippen LogP contribution >= 0.6 is 0 Å². The van der Waals surface area contributed by atoms with Gasteiger partial charge in [0.05, 0.1) is 11.2 Å². The van der Waals surface area contributed by atoms with Crippen molar-refractivity contribution < 1.29 is 9.90 Å². The number of carbonyl (C=O) groups excluding carboxylic acids is 1. The lowest BCUT2D eigenvalue weighted by Crippen LogP contribution is -2.45. The number of β-amino-alcohol motifs (C(OH)–C–C–N with tert-alkyl or cyclic N) is 1. The van der Waals surface area contributed by atoms with Gasteiger partial charge in [0, 0.05) is 18.4 Å². The molecule has 2 aromatic rings. The van der Waals surface area contributed by atoms with E-state index in [1.165, 1.54) is 0 Å². The Labute approximate surface area is 150 Å². The van der Waals surface area contributed by atoms with Gasteiger partial charge in [0.25, 0.3) is 5.91 Å². The van der Waals surface area contributed by atoms with Gasteiger partial charge in [-0.2, -0.15) is 0 Å². The smallest absolute Gasteiger partial charge is 0.257 e. The highest BCUT2D eigenvalue weighted by Gasteiger charge is 2.45. The van der Waals surface area contributed by atoms with Gasteiger partial charge in [-0.05, 0) is 49.4 Å². The van der Waals surface area contributed by atoms with E-state index in [4.69, 9.17) is 0 Å². The Balaban J connectivity index is 1.83. The first-order valence-electron chi connectivity index (χ1n) is 8.51. The standard InChI is InChI=1S/C18H23B2N3O2/c1-12-8-13(16(24)22-14-6-4-3-5-7-14)9-21-15(12)23-11-17(2,25)10-18(23,19)20/h3-9,25H,10-11,19-20H2,1-2H3,(H,22,24)/t17-/m1/s1. The minimum Gasteiger partial charge on any atom is -0.388 e. The van der Waals surface area contributed by atoms with Crippen molar-refractivity contribution in [2.24, 2.45) is 0 Å². The van der Waals surface area contributed by atoms with Gasteiger partial charge in [-0.3, -0.25) is 4.79 Å². The molecule has 0 aliphatic carbocycles. The van der Waals surface area contributed by atoms with E-state index >= 15 is 0 Å². The molecule has 0 radical (unpaired) electrons. The number of amides is 1. The molecule has 1 saturated heterocycles. The fourth-order valence-electron chi connectivity index (χ4n) is 3.70. The molecular formula is C18H23B2N3O2. The fourth-order valence-corrected chi connectivity index (χ4v) is 3.70. The van der Waals surface area contributed by atoms with Crippen LogP contribution < -0.4 is 10.2 Å². The number of aliphatic hydroxyl groups is 1. The molecule has 1 amide bonds. The number of rotatable bonds is 3. The topological polar surface area (TPSA) is 65.5 Å². The number of anilines is 2. The Morgan fingerprint density at radius 3 is 2.56 bits per heavy atom. The molecule has 0 unspecified atom stereocenters. The van der Waals surface area contributed by atoms with Crippen LogP contribution in [0.25, 0.3) is 0 Å². The van der Waals surface area contributed by atoms with Crippen molar-refractivity contribution in [1.82, 2.24) is 4.98 Å². The summed E-state index contributed by atoms with van der Waals surface area (Å²) in [6, 6.07) is 11.2. The lowest BCUT2D eigenvalue weighted by molar-refractivity contribution is 0.0815. The van der Waals surface area contributed by atoms with Gasteiger partial charge in [0.1, 0.15) is 21.5 Å². The largest absolute Gasteiger partial charge is 0.388 e. The summed E-state index contributed by atoms with van der Waals surface area (Å²) in [7, 11) is 4.21. The molecule has 1 atom stereocenters. The van der Waals surface area contributed by atoms with Crippen LogP contribution in [0.5, 0.6) is 0 Å². The van der Waals surface area contributed by atoms with Crippen LogP contribution in [0, 0.1) is 6.92 Å². The van der Waals surface area contributed by atoms with Crippen LogP contribution in [0.4, 0.5) is 11.5 Å². The number of aryl methyl sites for hydroxylation is 1. The van der Waals surface area contributed by atoms with Crippen molar-refractivity contribution >= 4 is 33.1 Å². The van der Waals surface area contributed by atoms with Crippen LogP contribution in [0.15, 0.2) is 42.6 Å². The maximum atomic E-state index is 12.4. The number of pyridine rings is 1. The van der Waals surface area contributed by atoms with E-state index < -0.39 is 5.60 Å². The highest BCUT2D eigenvalue weighted by molar-refractivity contribution is 6.42. The molecular weight excluding hydrogens is 312 g/mol. The van der Waals surface area contributed by atoms with Gasteiger partial charge in [-0.25, -0.2) is 4.98 Å². The van der Waals surface area contributed by atoms with E-state index in [9.17, 15) is 9.90 Å². The number of aromatic nitrogens is 1. The van der Waals surface area contributed by atoms with E-state index in [1.54, 1.807) is 6.20 Å². The van der Waals surface area contributed by atoms with Crippen LogP contribution in [-0.4, -0.2) is 49.2 Å². The number of hydrogen-bond acceptors (Lipinski definition) is 4. The second kappa shape index (κ2) is 6.23. The zero-order valence-electron chi connectivity index (χ0n) is 15.2. The van der Waals surface area contributed by atoms with Gasteiger partial charge < -0.3 is 15.3 Å². The predicted molar refractivity (Wildman–Crippen MR) is 106 cm³/mol. The molecule has 1 aromatic carbocycles. The van der Waals surface area contributed by atoms with E-state index in [0.717, 1.165) is 17.1 Å². The normalized spacial score (nSPS) is 22.0. The Hall–Kier alpha value is -2.27. The summed E-state index contributed by atoms with van der Waals surface area (Å²) in [5, 5.41) is 13.1. The predicted octanol–water partition coefficient (Wildman–Crippen LogP) is 0.523. The molecule has 2 N–H and O–H groups in total. The maximum absolute atomic E-state index is 12.4. The molecule has 25 heavy (non-hydrogen) atoms. The summed E-state index contributed by atoms with van der Waals surface area (Å²) >= 11 is 0. The second-order valence-corrected chi connectivity index (χ2v) is 7.76. The van der Waals surface area contributed by atoms with Crippen LogP contribution in [0.1, 0.15) is 29.3 Å². The lowest BCUT2D eigenvalue weighted by Gasteiger charge is -2.33. The minimum atomic E-state index is -0.735. The zero-order valence-corrected chi connectivity index (χ0v) is 15.2. The van der Waals surface area contributed by atoms with Gasteiger partial charge >= 0.3 is 0 Å². The quantitative estimate of drug-likeness (QED) is 0.803. The highest BCUT2D eigenvalue weighted by Crippen LogP contribution is 2.36. The van der Waals surface area contributed by atoms with Crippen molar-refractivity contribution in [3.63, 3.8) is 0 Å². The summed E-state index contributed by atoms with van der Waals surface area (Å²) < 4.78 is 0. The molecule has 2 heterocycles. The van der Waals surface area contributed by atoms with Crippen molar-refractivity contribution in [3.05, 3.63) is 53.7 Å². The number of hydrogen-bond donors (Lipinski definition) is 2. The second-order valence-electron chi connectivity index (χ2n) is 7.76. The maximum Gasteiger partial charge on any atom is 0.257 e. The molecule has 0 bridgehead atoms. The third-order valence-corrected chi connectivity index (χ3v) is 4.64. The first-order valence-corrected chi connectivity index (χ1v) is 8.51. The first-order chi connectivity index (χ1) is 11.7. The van der Waals surface area contributed by atoms with Crippen molar-refractivity contribution in [2.75, 3.05) is 16.8 Å². The number of nitrogens with one attached hydrogen (secondary N) is 1. The average molecular weight is 335 g/mol. The Morgan fingerprint density at radius 2 is 2.00 bits per heavy atom. The molecule has 0 saturated carbocycles. The highest BCUT2D eigenvalue weighted by atomic mass is 16.3. The molecule has 5 nitrogen and oxygen atoms in total. The summed E-state index contributed by atoms with van der Waals surface area (Å²) in [4.78, 5) is 19.1. The molecule has 1 aromatic heterocycles. The van der Waals surface area contributed by atoms with Crippen molar-refractivity contribution in [1.29, 1.82) is 0 Å². The van der Waals surface area contributed by atoms with Gasteiger partial charge in [-0.1, -0.05) is 18.2 Å². The lowest BCUT2D eigenvalue weighted by atomic mass is 9.59. The van der Waals surface area contributed by atoms with Crippen LogP contribution in [-0.2, 0) is 0 Å². The van der Waals surface area contributed by atoms with Crippen molar-refractivity contribution in [2.45, 2.75) is 31.2 Å². The first kappa shape index (κ1) is 17.5. The van der Waals surface area contributed by atoms with E-state index in [1.807, 2.05) is 50.2 Å². The number of nitrogens with zero attached hydrogens (tertiary/aromatic N) is 2. The van der Waals surface area contributed by atoms with Crippen LogP contribution in [0.3, 0.4) is 0 Å². The summed E-state index contributed by atoms with van der Waals surface area (Å²) in [5.74, 6) is 0.639. The zero-order chi connectivity index (χ0) is 18.2. The molecule has 128 valence electrons. The number of para-hydroxylation sites is 1. The Kier molecular flexibility index (Phi) is 4.37. The fraction of sp³-hybridized carbons (Fsp3) is 0.333. The summed E-state index contributed by atoms with van der Waals surface area (Å²) in [6.45, 7) is 4.33. The third-order valence-electron chi connectivity index (χ3n) is 4.64. The van der Waals surface area contributed by atoms with E-state index in [2.05, 4.69) is 30.9 Å². The molecule has 1 aliphatic rings. The molecule has 1 aliphatic heterocycles. The van der Waals surface area contributed by atoms with Crippen molar-refractivity contribution in [3.8, 4) is 0 Å². The Morgan fingerprint density at radius 1 is 1.32 bits per heavy atom. The third kappa shape index (κ3) is 3.71. The van der Waals surface area contributed by atoms with Crippen LogP contribution in [0.2, 0.25) is 0 Å². The van der Waals surface area contributed by atoms with Gasteiger partial charge in [0.15, 0.2) is 0 Å². The van der Waals surface area contributed by atoms with Gasteiger partial charge in [0.2, 0.25) is 0 Å². The average Bonchev–Trinajstić information content (AvgIpc) is 2.75. The summed E-state index contributed by atoms with van der Waals surface area (Å²) in [6.07, 6.45) is 2.28. The Bertz CT molecular complexity index is 794. The molecule has 3 rings (SSSR count). The number of carbonyl (C=O) groups is 1.